The zero-order chi connectivity index (χ0) is 16.7. The van der Waals surface area contributed by atoms with Crippen molar-refractivity contribution >= 4 is 11.6 Å². The number of nitrogens with one attached hydrogen (secondary N) is 1. The molecule has 2 aromatic carbocycles. The van der Waals surface area contributed by atoms with E-state index in [2.05, 4.69) is 5.32 Å². The van der Waals surface area contributed by atoms with Crippen molar-refractivity contribution in [3.05, 3.63) is 41.5 Å². The number of methoxy groups -OCH3 is 2. The van der Waals surface area contributed by atoms with Crippen LogP contribution in [-0.4, -0.2) is 26.9 Å². The predicted octanol–water partition coefficient (Wildman–Crippen LogP) is 2.91. The molecule has 1 N–H and O–H groups in total. The first-order valence-corrected chi connectivity index (χ1v) is 7.65. The van der Waals surface area contributed by atoms with Gasteiger partial charge in [-0.2, -0.15) is 0 Å². The Kier molecular flexibility index (Phi) is 3.45. The highest BCUT2D eigenvalue weighted by Gasteiger charge is 2.32. The quantitative estimate of drug-likeness (QED) is 0.939. The molecule has 1 atom stereocenters. The second-order valence-corrected chi connectivity index (χ2v) is 5.68. The number of fused-ring (bicyclic) bond motifs is 2. The van der Waals surface area contributed by atoms with E-state index in [-0.39, 0.29) is 18.6 Å². The molecule has 2 heterocycles. The molecule has 2 aliphatic rings. The topological polar surface area (TPSA) is 66.0 Å². The summed E-state index contributed by atoms with van der Waals surface area (Å²) in [4.78, 5) is 12.2. The van der Waals surface area contributed by atoms with E-state index in [1.165, 1.54) is 0 Å². The molecule has 0 bridgehead atoms. The lowest BCUT2D eigenvalue weighted by Crippen LogP contribution is -2.23. The van der Waals surface area contributed by atoms with Crippen molar-refractivity contribution in [2.75, 3.05) is 26.3 Å². The highest BCUT2D eigenvalue weighted by molar-refractivity contribution is 5.96. The number of amides is 1. The van der Waals surface area contributed by atoms with Gasteiger partial charge in [-0.05, 0) is 17.7 Å². The van der Waals surface area contributed by atoms with E-state index in [1.54, 1.807) is 14.2 Å². The van der Waals surface area contributed by atoms with Gasteiger partial charge >= 0.3 is 0 Å². The summed E-state index contributed by atoms with van der Waals surface area (Å²) < 4.78 is 21.8. The molecule has 4 rings (SSSR count). The number of para-hydroxylation sites is 1. The van der Waals surface area contributed by atoms with Crippen LogP contribution in [0, 0.1) is 0 Å². The molecule has 2 aromatic rings. The maximum Gasteiger partial charge on any atom is 0.231 e. The van der Waals surface area contributed by atoms with Crippen LogP contribution in [0.2, 0.25) is 0 Å². The van der Waals surface area contributed by atoms with E-state index < -0.39 is 0 Å². The molecule has 0 unspecified atom stereocenters. The van der Waals surface area contributed by atoms with E-state index in [4.69, 9.17) is 18.9 Å². The molecule has 124 valence electrons. The van der Waals surface area contributed by atoms with Crippen LogP contribution in [0.1, 0.15) is 23.5 Å². The number of rotatable bonds is 3. The van der Waals surface area contributed by atoms with E-state index >= 15 is 0 Å². The number of anilines is 1. The zero-order valence-electron chi connectivity index (χ0n) is 13.4. The molecule has 0 aromatic heterocycles. The van der Waals surface area contributed by atoms with E-state index in [9.17, 15) is 4.79 Å². The van der Waals surface area contributed by atoms with Gasteiger partial charge in [0.1, 0.15) is 0 Å². The summed E-state index contributed by atoms with van der Waals surface area (Å²) in [5, 5.41) is 2.91. The Morgan fingerprint density at radius 3 is 2.62 bits per heavy atom. The highest BCUT2D eigenvalue weighted by Crippen LogP contribution is 2.47. The molecule has 0 saturated carbocycles. The van der Waals surface area contributed by atoms with Crippen LogP contribution in [0.4, 0.5) is 5.69 Å². The van der Waals surface area contributed by atoms with Gasteiger partial charge in [-0.3, -0.25) is 4.79 Å². The summed E-state index contributed by atoms with van der Waals surface area (Å²) in [7, 11) is 3.20. The van der Waals surface area contributed by atoms with E-state index in [1.807, 2.05) is 30.3 Å². The molecule has 0 aliphatic carbocycles. The molecule has 0 radical (unpaired) electrons. The fourth-order valence-electron chi connectivity index (χ4n) is 3.31. The molecule has 6 heteroatoms. The molecule has 0 saturated heterocycles. The number of carbonyl (C=O) groups excluding carboxylic acids is 1. The Labute approximate surface area is 139 Å². The van der Waals surface area contributed by atoms with Crippen LogP contribution in [0.5, 0.6) is 23.0 Å². The molecule has 24 heavy (non-hydrogen) atoms. The minimum Gasteiger partial charge on any atom is -0.493 e. The Hall–Kier alpha value is -2.89. The molecular weight excluding hydrogens is 310 g/mol. The van der Waals surface area contributed by atoms with Crippen LogP contribution in [0.15, 0.2) is 30.3 Å². The summed E-state index contributed by atoms with van der Waals surface area (Å²) in [5.74, 6) is 2.43. The predicted molar refractivity (Wildman–Crippen MR) is 87.2 cm³/mol. The monoisotopic (exact) mass is 327 g/mol. The van der Waals surface area contributed by atoms with Gasteiger partial charge < -0.3 is 24.3 Å². The molecular formula is C18H17NO5. The SMILES string of the molecule is COc1cccc([C@H]2CC(=O)Nc3cc4c(cc32)OCO4)c1OC. The summed E-state index contributed by atoms with van der Waals surface area (Å²) in [6.45, 7) is 0.194. The Morgan fingerprint density at radius 1 is 1.08 bits per heavy atom. The second kappa shape index (κ2) is 5.63. The Morgan fingerprint density at radius 2 is 1.88 bits per heavy atom. The van der Waals surface area contributed by atoms with Crippen LogP contribution in [0.3, 0.4) is 0 Å². The van der Waals surface area contributed by atoms with Crippen molar-refractivity contribution in [2.24, 2.45) is 0 Å². The van der Waals surface area contributed by atoms with Crippen molar-refractivity contribution in [3.63, 3.8) is 0 Å². The third kappa shape index (κ3) is 2.22. The fourth-order valence-corrected chi connectivity index (χ4v) is 3.31. The minimum atomic E-state index is -0.145. The molecule has 2 aliphatic heterocycles. The Balaban J connectivity index is 1.87. The first-order chi connectivity index (χ1) is 11.7. The van der Waals surface area contributed by atoms with Crippen molar-refractivity contribution in [1.82, 2.24) is 0 Å². The summed E-state index contributed by atoms with van der Waals surface area (Å²) >= 11 is 0. The standard InChI is InChI=1S/C18H17NO5/c1-21-14-5-3-4-10(18(14)22-2)11-7-17(20)19-13-8-16-15(6-12(11)13)23-9-24-16/h3-6,8,11H,7,9H2,1-2H3,(H,19,20)/t11-/m1/s1. The van der Waals surface area contributed by atoms with Gasteiger partial charge in [0.2, 0.25) is 12.7 Å². The maximum absolute atomic E-state index is 12.2. The average molecular weight is 327 g/mol. The third-order valence-electron chi connectivity index (χ3n) is 4.39. The highest BCUT2D eigenvalue weighted by atomic mass is 16.7. The van der Waals surface area contributed by atoms with Crippen LogP contribution in [0.25, 0.3) is 0 Å². The van der Waals surface area contributed by atoms with E-state index in [0.717, 1.165) is 16.8 Å². The third-order valence-corrected chi connectivity index (χ3v) is 4.39. The summed E-state index contributed by atoms with van der Waals surface area (Å²) in [6.07, 6.45) is 0.330. The molecule has 0 spiro atoms. The lowest BCUT2D eigenvalue weighted by Gasteiger charge is -2.27. The number of hydrogen-bond acceptors (Lipinski definition) is 5. The van der Waals surface area contributed by atoms with Gasteiger partial charge in [-0.25, -0.2) is 0 Å². The smallest absolute Gasteiger partial charge is 0.231 e. The molecule has 1 amide bonds. The fraction of sp³-hybridized carbons (Fsp3) is 0.278. The first kappa shape index (κ1) is 14.7. The second-order valence-electron chi connectivity index (χ2n) is 5.68. The van der Waals surface area contributed by atoms with E-state index in [0.29, 0.717) is 29.4 Å². The van der Waals surface area contributed by atoms with Crippen molar-refractivity contribution in [3.8, 4) is 23.0 Å². The lowest BCUT2D eigenvalue weighted by molar-refractivity contribution is -0.116. The van der Waals surface area contributed by atoms with Crippen molar-refractivity contribution in [1.29, 1.82) is 0 Å². The number of ether oxygens (including phenoxy) is 4. The maximum atomic E-state index is 12.2. The van der Waals surface area contributed by atoms with Gasteiger partial charge in [-0.1, -0.05) is 12.1 Å². The normalized spacial score (nSPS) is 17.9. The van der Waals surface area contributed by atoms with Crippen LogP contribution < -0.4 is 24.3 Å². The molecule has 0 fully saturated rings. The van der Waals surface area contributed by atoms with Gasteiger partial charge in [0.25, 0.3) is 0 Å². The molecule has 6 nitrogen and oxygen atoms in total. The van der Waals surface area contributed by atoms with Crippen molar-refractivity contribution < 1.29 is 23.7 Å². The number of benzene rings is 2. The van der Waals surface area contributed by atoms with Gasteiger partial charge in [0.05, 0.1) is 14.2 Å². The van der Waals surface area contributed by atoms with Crippen LogP contribution in [-0.2, 0) is 4.79 Å². The average Bonchev–Trinajstić information content (AvgIpc) is 3.05. The largest absolute Gasteiger partial charge is 0.493 e. The first-order valence-electron chi connectivity index (χ1n) is 7.65. The summed E-state index contributed by atoms with van der Waals surface area (Å²) in [5.41, 5.74) is 2.63. The Bertz CT molecular complexity index is 817. The van der Waals surface area contributed by atoms with Gasteiger partial charge in [0, 0.05) is 29.7 Å². The zero-order valence-corrected chi connectivity index (χ0v) is 13.4. The number of carbonyl (C=O) groups is 1. The van der Waals surface area contributed by atoms with Gasteiger partial charge in [0.15, 0.2) is 23.0 Å². The summed E-state index contributed by atoms with van der Waals surface area (Å²) in [6, 6.07) is 9.44. The number of hydrogen-bond donors (Lipinski definition) is 1. The van der Waals surface area contributed by atoms with Crippen molar-refractivity contribution in [2.45, 2.75) is 12.3 Å². The minimum absolute atomic E-state index is 0.0451. The lowest BCUT2D eigenvalue weighted by atomic mass is 9.84. The van der Waals surface area contributed by atoms with Crippen LogP contribution >= 0.6 is 0 Å². The van der Waals surface area contributed by atoms with Gasteiger partial charge in [-0.15, -0.1) is 0 Å².